The number of carbonyl (C=O) groups excluding carboxylic acids is 1. The number of ether oxygens (including phenoxy) is 2. The lowest BCUT2D eigenvalue weighted by Gasteiger charge is -2.18. The van der Waals surface area contributed by atoms with Crippen molar-refractivity contribution in [1.29, 1.82) is 0 Å². The van der Waals surface area contributed by atoms with E-state index < -0.39 is 0 Å². The van der Waals surface area contributed by atoms with Gasteiger partial charge in [0, 0.05) is 35.6 Å². The number of rotatable bonds is 7. The summed E-state index contributed by atoms with van der Waals surface area (Å²) in [5.41, 5.74) is 3.14. The lowest BCUT2D eigenvalue weighted by atomic mass is 10.0. The number of aromatic nitrogens is 3. The van der Waals surface area contributed by atoms with Gasteiger partial charge in [-0.15, -0.1) is 0 Å². The number of carbonyl (C=O) groups is 1. The van der Waals surface area contributed by atoms with Crippen molar-refractivity contribution in [2.75, 3.05) is 11.9 Å². The van der Waals surface area contributed by atoms with Crippen LogP contribution in [-0.4, -0.2) is 33.2 Å². The molecule has 1 aliphatic heterocycles. The van der Waals surface area contributed by atoms with Gasteiger partial charge in [0.2, 0.25) is 11.7 Å². The van der Waals surface area contributed by atoms with Crippen LogP contribution >= 0.6 is 0 Å². The van der Waals surface area contributed by atoms with Gasteiger partial charge in [-0.25, -0.2) is 0 Å². The Morgan fingerprint density at radius 1 is 1.09 bits per heavy atom. The number of pyridine rings is 1. The number of hydrogen-bond acceptors (Lipinski definition) is 7. The van der Waals surface area contributed by atoms with E-state index in [1.807, 2.05) is 68.4 Å². The van der Waals surface area contributed by atoms with Crippen LogP contribution in [0.3, 0.4) is 0 Å². The number of para-hydroxylation sites is 2. The summed E-state index contributed by atoms with van der Waals surface area (Å²) in [4.78, 5) is 21.1. The van der Waals surface area contributed by atoms with Gasteiger partial charge in [0.1, 0.15) is 5.60 Å². The van der Waals surface area contributed by atoms with Crippen LogP contribution < -0.4 is 14.8 Å². The molecule has 0 unspecified atom stereocenters. The van der Waals surface area contributed by atoms with Crippen LogP contribution in [0.25, 0.3) is 11.4 Å². The highest BCUT2D eigenvalue weighted by molar-refractivity contribution is 5.92. The third-order valence-corrected chi connectivity index (χ3v) is 5.45. The maximum absolute atomic E-state index is 12.7. The molecule has 0 bridgehead atoms. The van der Waals surface area contributed by atoms with E-state index in [1.165, 1.54) is 0 Å². The van der Waals surface area contributed by atoms with Gasteiger partial charge in [0.15, 0.2) is 18.1 Å². The Bertz CT molecular complexity index is 1320. The van der Waals surface area contributed by atoms with Gasteiger partial charge >= 0.3 is 0 Å². The minimum atomic E-state index is -0.283. The van der Waals surface area contributed by atoms with Crippen LogP contribution in [-0.2, 0) is 17.6 Å². The molecule has 8 heteroatoms. The average molecular weight is 457 g/mol. The highest BCUT2D eigenvalue weighted by atomic mass is 16.5. The zero-order valence-electron chi connectivity index (χ0n) is 18.9. The fourth-order valence-electron chi connectivity index (χ4n) is 3.93. The molecule has 2 aromatic carbocycles. The van der Waals surface area contributed by atoms with Gasteiger partial charge in [-0.1, -0.05) is 35.5 Å². The summed E-state index contributed by atoms with van der Waals surface area (Å²) in [7, 11) is 0. The normalized spacial score (nSPS) is 13.7. The molecule has 1 N–H and O–H groups in total. The SMILES string of the molecule is CC1(C)Cc2cccc(OCC(=O)Nc3ccccc3Cc3nc(-c4ccncc4)no3)c2O1. The molecule has 0 atom stereocenters. The molecule has 1 amide bonds. The average Bonchev–Trinajstić information content (AvgIpc) is 3.42. The standard InChI is InChI=1S/C26H24N4O4/c1-26(2)15-19-7-5-9-21(24(19)33-26)32-16-22(31)28-20-8-4-3-6-18(20)14-23-29-25(30-34-23)17-10-12-27-13-11-17/h3-13H,14-16H2,1-2H3,(H,28,31). The van der Waals surface area contributed by atoms with Crippen LogP contribution in [0.4, 0.5) is 5.69 Å². The van der Waals surface area contributed by atoms with E-state index in [-0.39, 0.29) is 18.1 Å². The van der Waals surface area contributed by atoms with Crippen LogP contribution in [0.2, 0.25) is 0 Å². The minimum absolute atomic E-state index is 0.138. The summed E-state index contributed by atoms with van der Waals surface area (Å²) in [5, 5.41) is 6.96. The molecule has 1 aliphatic rings. The van der Waals surface area contributed by atoms with E-state index in [9.17, 15) is 4.79 Å². The van der Waals surface area contributed by atoms with Gasteiger partial charge < -0.3 is 19.3 Å². The van der Waals surface area contributed by atoms with Crippen molar-refractivity contribution in [2.24, 2.45) is 0 Å². The van der Waals surface area contributed by atoms with Gasteiger partial charge in [-0.2, -0.15) is 4.98 Å². The van der Waals surface area contributed by atoms with Crippen molar-refractivity contribution in [3.8, 4) is 22.9 Å². The molecule has 3 heterocycles. The molecule has 4 aromatic rings. The summed E-state index contributed by atoms with van der Waals surface area (Å²) in [6, 6.07) is 16.9. The predicted molar refractivity (Wildman–Crippen MR) is 126 cm³/mol. The Hall–Kier alpha value is -4.20. The second kappa shape index (κ2) is 8.97. The summed E-state index contributed by atoms with van der Waals surface area (Å²) in [5.74, 6) is 1.95. The van der Waals surface area contributed by atoms with Crippen molar-refractivity contribution >= 4 is 11.6 Å². The first-order valence-electron chi connectivity index (χ1n) is 11.0. The van der Waals surface area contributed by atoms with Crippen LogP contribution in [0.15, 0.2) is 71.5 Å². The highest BCUT2D eigenvalue weighted by Gasteiger charge is 2.32. The fourth-order valence-corrected chi connectivity index (χ4v) is 3.93. The van der Waals surface area contributed by atoms with Crippen molar-refractivity contribution in [1.82, 2.24) is 15.1 Å². The van der Waals surface area contributed by atoms with E-state index in [2.05, 4.69) is 20.4 Å². The van der Waals surface area contributed by atoms with Crippen LogP contribution in [0.1, 0.15) is 30.9 Å². The van der Waals surface area contributed by atoms with E-state index >= 15 is 0 Å². The fraction of sp³-hybridized carbons (Fsp3) is 0.231. The van der Waals surface area contributed by atoms with E-state index in [1.54, 1.807) is 12.4 Å². The van der Waals surface area contributed by atoms with Crippen LogP contribution in [0.5, 0.6) is 11.5 Å². The maximum Gasteiger partial charge on any atom is 0.262 e. The molecule has 0 fully saturated rings. The van der Waals surface area contributed by atoms with Crippen molar-refractivity contribution in [2.45, 2.75) is 32.3 Å². The Morgan fingerprint density at radius 3 is 2.76 bits per heavy atom. The van der Waals surface area contributed by atoms with Crippen molar-refractivity contribution in [3.05, 3.63) is 84.0 Å². The monoisotopic (exact) mass is 456 g/mol. The Labute approximate surface area is 196 Å². The zero-order chi connectivity index (χ0) is 23.5. The maximum atomic E-state index is 12.7. The zero-order valence-corrected chi connectivity index (χ0v) is 18.9. The molecule has 0 saturated carbocycles. The molecule has 0 radical (unpaired) electrons. The molecular weight excluding hydrogens is 432 g/mol. The quantitative estimate of drug-likeness (QED) is 0.438. The largest absolute Gasteiger partial charge is 0.483 e. The smallest absolute Gasteiger partial charge is 0.262 e. The first-order chi connectivity index (χ1) is 16.5. The van der Waals surface area contributed by atoms with Crippen molar-refractivity contribution in [3.63, 3.8) is 0 Å². The molecule has 0 spiro atoms. The molecule has 172 valence electrons. The lowest BCUT2D eigenvalue weighted by Crippen LogP contribution is -2.25. The predicted octanol–water partition coefficient (Wildman–Crippen LogP) is 4.45. The molecular formula is C26H24N4O4. The van der Waals surface area contributed by atoms with Gasteiger partial charge in [-0.05, 0) is 43.7 Å². The first-order valence-corrected chi connectivity index (χ1v) is 11.0. The second-order valence-corrected chi connectivity index (χ2v) is 8.70. The van der Waals surface area contributed by atoms with Crippen molar-refractivity contribution < 1.29 is 18.8 Å². The summed E-state index contributed by atoms with van der Waals surface area (Å²) < 4.78 is 17.2. The molecule has 0 aliphatic carbocycles. The molecule has 5 rings (SSSR count). The number of nitrogens with zero attached hydrogens (tertiary/aromatic N) is 3. The van der Waals surface area contributed by atoms with Gasteiger partial charge in [0.05, 0.1) is 6.42 Å². The molecule has 0 saturated heterocycles. The number of amides is 1. The van der Waals surface area contributed by atoms with E-state index in [0.29, 0.717) is 35.3 Å². The molecule has 2 aromatic heterocycles. The number of hydrogen-bond donors (Lipinski definition) is 1. The molecule has 34 heavy (non-hydrogen) atoms. The summed E-state index contributed by atoms with van der Waals surface area (Å²) in [6.45, 7) is 3.93. The number of nitrogens with one attached hydrogen (secondary N) is 1. The number of anilines is 1. The van der Waals surface area contributed by atoms with Crippen LogP contribution in [0, 0.1) is 0 Å². The first kappa shape index (κ1) is 21.6. The minimum Gasteiger partial charge on any atom is -0.483 e. The number of fused-ring (bicyclic) bond motifs is 1. The molecule has 8 nitrogen and oxygen atoms in total. The van der Waals surface area contributed by atoms with E-state index in [0.717, 1.165) is 23.1 Å². The van der Waals surface area contributed by atoms with Gasteiger partial charge in [-0.3, -0.25) is 9.78 Å². The summed E-state index contributed by atoms with van der Waals surface area (Å²) >= 11 is 0. The Kier molecular flexibility index (Phi) is 5.71. The summed E-state index contributed by atoms with van der Waals surface area (Å²) in [6.07, 6.45) is 4.53. The topological polar surface area (TPSA) is 99.4 Å². The third kappa shape index (κ3) is 4.76. The second-order valence-electron chi connectivity index (χ2n) is 8.70. The number of benzene rings is 2. The van der Waals surface area contributed by atoms with E-state index in [4.69, 9.17) is 14.0 Å². The Balaban J connectivity index is 1.24. The Morgan fingerprint density at radius 2 is 1.91 bits per heavy atom. The highest BCUT2D eigenvalue weighted by Crippen LogP contribution is 2.41. The third-order valence-electron chi connectivity index (χ3n) is 5.45. The van der Waals surface area contributed by atoms with Gasteiger partial charge in [0.25, 0.3) is 5.91 Å². The lowest BCUT2D eigenvalue weighted by molar-refractivity contribution is -0.118.